The van der Waals surface area contributed by atoms with Crippen LogP contribution < -0.4 is 15.0 Å². The molecule has 2 N–H and O–H groups in total. The van der Waals surface area contributed by atoms with E-state index < -0.39 is 6.04 Å². The molecule has 3 aromatic heterocycles. The van der Waals surface area contributed by atoms with Crippen molar-refractivity contribution in [3.05, 3.63) is 131 Å². The number of aliphatic imine (C=N–C) groups is 2. The van der Waals surface area contributed by atoms with E-state index >= 15 is 0 Å². The fourth-order valence-corrected chi connectivity index (χ4v) is 8.95. The van der Waals surface area contributed by atoms with Gasteiger partial charge in [0.25, 0.3) is 0 Å². The van der Waals surface area contributed by atoms with Crippen LogP contribution in [0.25, 0.3) is 21.9 Å². The van der Waals surface area contributed by atoms with Gasteiger partial charge in [0, 0.05) is 90.9 Å². The number of nitrogens with one attached hydrogen (secondary N) is 1. The van der Waals surface area contributed by atoms with Crippen LogP contribution in [-0.2, 0) is 16.0 Å². The molecular weight excluding hydrogens is 743 g/mol. The third-order valence-corrected chi connectivity index (χ3v) is 12.0. The second-order valence-corrected chi connectivity index (χ2v) is 15.5. The van der Waals surface area contributed by atoms with Gasteiger partial charge >= 0.3 is 0 Å². The summed E-state index contributed by atoms with van der Waals surface area (Å²) in [5.41, 5.74) is 10.5. The van der Waals surface area contributed by atoms with Gasteiger partial charge in [-0.15, -0.1) is 0 Å². The lowest BCUT2D eigenvalue weighted by Crippen LogP contribution is -2.46. The molecule has 2 saturated heterocycles. The quantitative estimate of drug-likeness (QED) is 0.0715. The molecule has 4 aliphatic rings. The fraction of sp³-hybridized carbons (Fsp3) is 0.283. The highest BCUT2D eigenvalue weighted by molar-refractivity contribution is 6.54. The summed E-state index contributed by atoms with van der Waals surface area (Å²) >= 11 is 0. The number of amides is 2. The predicted molar refractivity (Wildman–Crippen MR) is 227 cm³/mol. The van der Waals surface area contributed by atoms with Crippen LogP contribution in [0, 0.1) is 0 Å². The summed E-state index contributed by atoms with van der Waals surface area (Å²) in [4.78, 5) is 48.7. The molecule has 3 aliphatic heterocycles. The number of anilines is 1. The maximum Gasteiger partial charge on any atom is 0.249 e. The van der Waals surface area contributed by atoms with E-state index in [0.29, 0.717) is 19.4 Å². The van der Waals surface area contributed by atoms with Crippen LogP contribution in [0.5, 0.6) is 5.75 Å². The Morgan fingerprint density at radius 1 is 0.814 bits per heavy atom. The number of rotatable bonds is 10. The van der Waals surface area contributed by atoms with E-state index in [1.54, 1.807) is 18.6 Å². The molecule has 13 heteroatoms. The van der Waals surface area contributed by atoms with Crippen LogP contribution in [0.15, 0.2) is 119 Å². The first-order valence-electron chi connectivity index (χ1n) is 20.3. The number of oxime groups is 1. The van der Waals surface area contributed by atoms with Crippen LogP contribution in [0.4, 0.5) is 5.69 Å². The Morgan fingerprint density at radius 3 is 2.42 bits per heavy atom. The van der Waals surface area contributed by atoms with Crippen LogP contribution >= 0.6 is 0 Å². The molecule has 13 nitrogen and oxygen atoms in total. The van der Waals surface area contributed by atoms with Crippen LogP contribution in [0.1, 0.15) is 65.7 Å². The number of nitrogens with zero attached hydrogens (tertiary/aromatic N) is 8. The van der Waals surface area contributed by atoms with Gasteiger partial charge < -0.3 is 19.4 Å². The van der Waals surface area contributed by atoms with Crippen molar-refractivity contribution >= 4 is 56.6 Å². The minimum absolute atomic E-state index is 0.233. The number of fused-ring (bicyclic) bond motifs is 4. The van der Waals surface area contributed by atoms with E-state index in [0.717, 1.165) is 125 Å². The Hall–Kier alpha value is -6.73. The number of carbonyl (C=O) groups excluding carboxylic acids is 2. The lowest BCUT2D eigenvalue weighted by Gasteiger charge is -2.36. The minimum Gasteiger partial charge on any atom is -0.494 e. The number of ether oxygens (including phenoxy) is 1. The van der Waals surface area contributed by atoms with Crippen LogP contribution in [0.3, 0.4) is 0 Å². The van der Waals surface area contributed by atoms with Gasteiger partial charge in [-0.2, -0.15) is 0 Å². The monoisotopic (exact) mass is 785 g/mol. The largest absolute Gasteiger partial charge is 0.494 e. The Bertz CT molecular complexity index is 2680. The number of piperidine rings is 1. The third-order valence-electron chi connectivity index (χ3n) is 12.0. The van der Waals surface area contributed by atoms with Crippen molar-refractivity contribution in [2.45, 2.75) is 44.3 Å². The smallest absolute Gasteiger partial charge is 0.249 e. The summed E-state index contributed by atoms with van der Waals surface area (Å²) in [6.07, 6.45) is 8.18. The van der Waals surface area contributed by atoms with Crippen molar-refractivity contribution in [3.8, 4) is 5.75 Å². The van der Waals surface area contributed by atoms with Crippen molar-refractivity contribution < 1.29 is 19.5 Å². The van der Waals surface area contributed by atoms with Crippen molar-refractivity contribution in [1.82, 2.24) is 24.8 Å². The first-order chi connectivity index (χ1) is 29.0. The van der Waals surface area contributed by atoms with Gasteiger partial charge in [-0.25, -0.2) is 4.98 Å². The highest BCUT2D eigenvalue weighted by atomic mass is 16.5. The zero-order valence-electron chi connectivity index (χ0n) is 32.5. The number of aromatic nitrogens is 3. The van der Waals surface area contributed by atoms with Gasteiger partial charge in [0.15, 0.2) is 6.17 Å². The molecule has 2 unspecified atom stereocenters. The minimum atomic E-state index is -0.488. The van der Waals surface area contributed by atoms with Gasteiger partial charge in [-0.05, 0) is 97.5 Å². The number of imide groups is 1. The Labute approximate surface area is 340 Å². The van der Waals surface area contributed by atoms with Gasteiger partial charge in [-0.1, -0.05) is 29.4 Å². The molecule has 2 amide bonds. The summed E-state index contributed by atoms with van der Waals surface area (Å²) in [6.45, 7) is 5.39. The topological polar surface area (TPSA) is 150 Å². The zero-order chi connectivity index (χ0) is 39.9. The zero-order valence-corrected chi connectivity index (χ0v) is 32.5. The first-order valence-corrected chi connectivity index (χ1v) is 20.3. The number of pyridine rings is 2. The summed E-state index contributed by atoms with van der Waals surface area (Å²) in [5.74, 6) is 0.262. The number of carbonyl (C=O) groups is 2. The van der Waals surface area contributed by atoms with Crippen molar-refractivity contribution in [3.63, 3.8) is 0 Å². The molecule has 0 spiro atoms. The Morgan fingerprint density at radius 2 is 1.63 bits per heavy atom. The average molecular weight is 786 g/mol. The van der Waals surface area contributed by atoms with Crippen molar-refractivity contribution in [2.75, 3.05) is 44.2 Å². The average Bonchev–Trinajstić information content (AvgIpc) is 4.00. The Balaban J connectivity index is 0.753. The summed E-state index contributed by atoms with van der Waals surface area (Å²) in [5, 5.41) is 17.3. The molecule has 59 heavy (non-hydrogen) atoms. The van der Waals surface area contributed by atoms with Crippen LogP contribution in [-0.4, -0.2) is 92.9 Å². The second-order valence-electron chi connectivity index (χ2n) is 15.5. The van der Waals surface area contributed by atoms with Gasteiger partial charge in [0.05, 0.1) is 29.3 Å². The van der Waals surface area contributed by atoms with Gasteiger partial charge in [0.2, 0.25) is 11.8 Å². The molecule has 6 aromatic rings. The van der Waals surface area contributed by atoms with E-state index in [2.05, 4.69) is 66.6 Å². The normalized spacial score (nSPS) is 20.3. The summed E-state index contributed by atoms with van der Waals surface area (Å²) in [6, 6.07) is 28.3. The molecule has 0 saturated carbocycles. The fourth-order valence-electron chi connectivity index (χ4n) is 8.95. The second kappa shape index (κ2) is 15.6. The van der Waals surface area contributed by atoms with Crippen molar-refractivity contribution in [2.24, 2.45) is 15.1 Å². The van der Waals surface area contributed by atoms with E-state index in [4.69, 9.17) is 14.7 Å². The molecule has 0 bridgehead atoms. The van der Waals surface area contributed by atoms with Gasteiger partial charge in [-0.3, -0.25) is 34.8 Å². The SMILES string of the molecule is O=C1CCC(n2c3ccc(OCCCN4CCN(c5ccc(C6N=C(c7ccncc7)C(c7ccc8c(c7)CC/C8=N\O)=N6)cc5)CC4)cc3c3cccnc32)C(=O)N1. The molecule has 0 radical (unpaired) electrons. The maximum atomic E-state index is 12.8. The lowest BCUT2D eigenvalue weighted by atomic mass is 9.97. The van der Waals surface area contributed by atoms with Crippen molar-refractivity contribution in [1.29, 1.82) is 0 Å². The molecule has 296 valence electrons. The molecule has 2 atom stereocenters. The highest BCUT2D eigenvalue weighted by Crippen LogP contribution is 2.36. The molecule has 10 rings (SSSR count). The summed E-state index contributed by atoms with van der Waals surface area (Å²) < 4.78 is 8.21. The number of hydrogen-bond donors (Lipinski definition) is 2. The van der Waals surface area contributed by atoms with E-state index in [1.807, 2.05) is 53.1 Å². The molecule has 2 fully saturated rings. The number of aryl methyl sites for hydroxylation is 1. The molecular formula is C46H43N9O4. The highest BCUT2D eigenvalue weighted by Gasteiger charge is 2.31. The van der Waals surface area contributed by atoms with E-state index in [9.17, 15) is 14.8 Å². The number of benzene rings is 3. The maximum absolute atomic E-state index is 12.8. The third kappa shape index (κ3) is 7.01. The first kappa shape index (κ1) is 36.6. The molecule has 6 heterocycles. The molecule has 1 aliphatic carbocycles. The Kier molecular flexibility index (Phi) is 9.65. The standard InChI is InChI=1S/C46H43N9O4/c56-41-15-14-40(46(57)49-41)55-39-13-10-34(28-37(39)36-3-1-18-48-45(36)55)59-26-2-21-53-22-24-54(25-23-53)33-8-4-30(5-9-33)44-50-42(29-16-19-47-20-17-29)43(51-44)32-6-11-35-31(27-32)7-12-38(35)52-58/h1,3-6,8-11,13,16-20,27-28,40,44,58H,2,7,12,14-15,21-26H2,(H,49,56,57)/b52-38+. The lowest BCUT2D eigenvalue weighted by molar-refractivity contribution is -0.135. The van der Waals surface area contributed by atoms with Crippen LogP contribution in [0.2, 0.25) is 0 Å². The summed E-state index contributed by atoms with van der Waals surface area (Å²) in [7, 11) is 0. The molecule has 3 aromatic carbocycles. The number of piperazine rings is 1. The van der Waals surface area contributed by atoms with E-state index in [1.165, 1.54) is 5.69 Å². The number of hydrogen-bond acceptors (Lipinski definition) is 11. The predicted octanol–water partition coefficient (Wildman–Crippen LogP) is 6.27. The van der Waals surface area contributed by atoms with E-state index in [-0.39, 0.29) is 18.0 Å². The van der Waals surface area contributed by atoms with Gasteiger partial charge in [0.1, 0.15) is 17.4 Å².